The third-order valence-corrected chi connectivity index (χ3v) is 5.32. The average Bonchev–Trinajstić information content (AvgIpc) is 3.23. The van der Waals surface area contributed by atoms with Crippen LogP contribution in [0.1, 0.15) is 47.5 Å². The highest BCUT2D eigenvalue weighted by Gasteiger charge is 2.18. The van der Waals surface area contributed by atoms with Crippen LogP contribution in [0.25, 0.3) is 0 Å². The first-order valence-electron chi connectivity index (χ1n) is 8.90. The molecule has 148 valence electrons. The van der Waals surface area contributed by atoms with E-state index >= 15 is 0 Å². The average molecular weight is 420 g/mol. The Kier molecular flexibility index (Phi) is 6.46. The van der Waals surface area contributed by atoms with Gasteiger partial charge in [0.05, 0.1) is 5.75 Å². The summed E-state index contributed by atoms with van der Waals surface area (Å²) < 4.78 is 13.3. The minimum Gasteiger partial charge on any atom is -0.484 e. The molecule has 0 N–H and O–H groups in total. The molecule has 0 amide bonds. The lowest BCUT2D eigenvalue weighted by molar-refractivity contribution is 0.102. The van der Waals surface area contributed by atoms with Gasteiger partial charge in [-0.3, -0.25) is 4.79 Å². The fourth-order valence-electron chi connectivity index (χ4n) is 3.09. The molecule has 0 aliphatic rings. The van der Waals surface area contributed by atoms with Crippen LogP contribution in [0.3, 0.4) is 0 Å². The molecular formula is C20H22ClN3O3S. The minimum atomic E-state index is 0.0437. The molecule has 0 fully saturated rings. The quantitative estimate of drug-likeness (QED) is 0.365. The molecule has 6 nitrogen and oxygen atoms in total. The molecule has 0 saturated heterocycles. The van der Waals surface area contributed by atoms with E-state index in [1.54, 1.807) is 24.3 Å². The molecule has 0 aliphatic carbocycles. The molecule has 0 aliphatic heterocycles. The van der Waals surface area contributed by atoms with E-state index in [4.69, 9.17) is 20.8 Å². The van der Waals surface area contributed by atoms with Crippen LogP contribution in [0.2, 0.25) is 5.02 Å². The molecule has 0 spiro atoms. The van der Waals surface area contributed by atoms with Crippen molar-refractivity contribution < 1.29 is 13.9 Å². The molecule has 0 bridgehead atoms. The lowest BCUT2D eigenvalue weighted by atomic mass is 10.2. The second kappa shape index (κ2) is 8.84. The van der Waals surface area contributed by atoms with Gasteiger partial charge in [-0.15, -0.1) is 10.2 Å². The zero-order valence-corrected chi connectivity index (χ0v) is 17.8. The minimum absolute atomic E-state index is 0.0437. The summed E-state index contributed by atoms with van der Waals surface area (Å²) >= 11 is 7.07. The molecule has 0 atom stereocenters. The van der Waals surface area contributed by atoms with Crippen LogP contribution in [-0.2, 0) is 6.61 Å². The number of carbonyl (C=O) groups is 1. The molecule has 2 heterocycles. The van der Waals surface area contributed by atoms with Gasteiger partial charge in [-0.2, -0.15) is 0 Å². The second-order valence-corrected chi connectivity index (χ2v) is 8.03. The van der Waals surface area contributed by atoms with E-state index in [1.165, 1.54) is 11.8 Å². The van der Waals surface area contributed by atoms with Crippen molar-refractivity contribution in [2.45, 2.75) is 45.6 Å². The number of carbonyl (C=O) groups excluding carboxylic acids is 1. The number of halogens is 1. The van der Waals surface area contributed by atoms with Crippen LogP contribution in [0.4, 0.5) is 0 Å². The summed E-state index contributed by atoms with van der Waals surface area (Å²) in [6.45, 7) is 8.36. The van der Waals surface area contributed by atoms with Crippen molar-refractivity contribution in [2.75, 3.05) is 5.75 Å². The number of aryl methyl sites for hydroxylation is 1. The maximum atomic E-state index is 12.6. The monoisotopic (exact) mass is 419 g/mol. The lowest BCUT2D eigenvalue weighted by Gasteiger charge is -2.13. The first-order chi connectivity index (χ1) is 13.3. The molecule has 2 aromatic heterocycles. The Labute approximate surface area is 173 Å². The topological polar surface area (TPSA) is 70.2 Å². The van der Waals surface area contributed by atoms with Gasteiger partial charge in [0.2, 0.25) is 0 Å². The number of hydrogen-bond donors (Lipinski definition) is 0. The van der Waals surface area contributed by atoms with Crippen LogP contribution in [0.5, 0.6) is 5.75 Å². The molecule has 3 rings (SSSR count). The van der Waals surface area contributed by atoms with E-state index in [2.05, 4.69) is 28.6 Å². The number of benzene rings is 1. The van der Waals surface area contributed by atoms with Crippen molar-refractivity contribution >= 4 is 29.1 Å². The van der Waals surface area contributed by atoms with Crippen LogP contribution in [0, 0.1) is 13.8 Å². The van der Waals surface area contributed by atoms with Crippen molar-refractivity contribution in [1.82, 2.24) is 14.8 Å². The largest absolute Gasteiger partial charge is 0.484 e. The zero-order chi connectivity index (χ0) is 20.3. The summed E-state index contributed by atoms with van der Waals surface area (Å²) in [5.41, 5.74) is 2.81. The summed E-state index contributed by atoms with van der Waals surface area (Å²) in [4.78, 5) is 12.6. The smallest absolute Gasteiger partial charge is 0.277 e. The highest BCUT2D eigenvalue weighted by atomic mass is 35.5. The van der Waals surface area contributed by atoms with Crippen LogP contribution >= 0.6 is 23.4 Å². The Morgan fingerprint density at radius 3 is 2.61 bits per heavy atom. The van der Waals surface area contributed by atoms with Gasteiger partial charge in [0.25, 0.3) is 11.1 Å². The number of nitrogens with zero attached hydrogens (tertiary/aromatic N) is 3. The van der Waals surface area contributed by atoms with Crippen LogP contribution in [-0.4, -0.2) is 26.3 Å². The first kappa shape index (κ1) is 20.5. The fraction of sp³-hybridized carbons (Fsp3) is 0.350. The third-order valence-electron chi connectivity index (χ3n) is 4.25. The van der Waals surface area contributed by atoms with Gasteiger partial charge in [0.15, 0.2) is 12.4 Å². The molecule has 0 unspecified atom stereocenters. The van der Waals surface area contributed by atoms with E-state index in [0.29, 0.717) is 27.9 Å². The molecule has 0 radical (unpaired) electrons. The van der Waals surface area contributed by atoms with E-state index in [9.17, 15) is 4.79 Å². The standard InChI is InChI=1S/C20H22ClN3O3S/c1-12(2)24-13(3)9-17(14(24)4)18(25)11-28-20-23-22-19(27-20)10-26-16-7-5-15(21)6-8-16/h5-9,12H,10-11H2,1-4H3. The number of ketones is 1. The number of hydrogen-bond acceptors (Lipinski definition) is 6. The molecular weight excluding hydrogens is 398 g/mol. The Bertz CT molecular complexity index is 964. The van der Waals surface area contributed by atoms with Crippen LogP contribution < -0.4 is 4.74 Å². The second-order valence-electron chi connectivity index (χ2n) is 6.66. The van der Waals surface area contributed by atoms with E-state index in [1.807, 2.05) is 19.9 Å². The molecule has 28 heavy (non-hydrogen) atoms. The molecule has 1 aromatic carbocycles. The molecule has 3 aromatic rings. The maximum absolute atomic E-state index is 12.6. The predicted molar refractivity (Wildman–Crippen MR) is 109 cm³/mol. The molecule has 8 heteroatoms. The van der Waals surface area contributed by atoms with Gasteiger partial charge in [-0.25, -0.2) is 0 Å². The van der Waals surface area contributed by atoms with Crippen molar-refractivity contribution in [3.63, 3.8) is 0 Å². The predicted octanol–water partition coefficient (Wildman–Crippen LogP) is 5.28. The number of rotatable bonds is 8. The van der Waals surface area contributed by atoms with E-state index in [0.717, 1.165) is 17.0 Å². The van der Waals surface area contributed by atoms with Crippen molar-refractivity contribution in [3.8, 4) is 5.75 Å². The van der Waals surface area contributed by atoms with E-state index in [-0.39, 0.29) is 18.1 Å². The Morgan fingerprint density at radius 2 is 1.96 bits per heavy atom. The number of ether oxygens (including phenoxy) is 1. The normalized spacial score (nSPS) is 11.2. The van der Waals surface area contributed by atoms with Gasteiger partial charge < -0.3 is 13.7 Å². The Morgan fingerprint density at radius 1 is 1.25 bits per heavy atom. The Hall–Kier alpha value is -2.25. The summed E-state index contributed by atoms with van der Waals surface area (Å²) in [7, 11) is 0. The van der Waals surface area contributed by atoms with Crippen molar-refractivity contribution in [3.05, 3.63) is 58.2 Å². The molecule has 0 saturated carbocycles. The van der Waals surface area contributed by atoms with Gasteiger partial charge in [0, 0.05) is 28.0 Å². The highest BCUT2D eigenvalue weighted by molar-refractivity contribution is 7.99. The fourth-order valence-corrected chi connectivity index (χ4v) is 3.88. The van der Waals surface area contributed by atoms with E-state index < -0.39 is 0 Å². The number of Topliss-reactive ketones (excluding diaryl/α,β-unsaturated/α-hetero) is 1. The summed E-state index contributed by atoms with van der Waals surface area (Å²) in [6, 6.07) is 9.27. The van der Waals surface area contributed by atoms with Gasteiger partial charge >= 0.3 is 0 Å². The summed E-state index contributed by atoms with van der Waals surface area (Å²) in [6.07, 6.45) is 0. The van der Waals surface area contributed by atoms with Gasteiger partial charge in [-0.05, 0) is 58.0 Å². The lowest BCUT2D eigenvalue weighted by Crippen LogP contribution is -2.08. The zero-order valence-electron chi connectivity index (χ0n) is 16.2. The summed E-state index contributed by atoms with van der Waals surface area (Å²) in [5.74, 6) is 1.29. The number of thioether (sulfide) groups is 1. The SMILES string of the molecule is Cc1cc(C(=O)CSc2nnc(COc3ccc(Cl)cc3)o2)c(C)n1C(C)C. The van der Waals surface area contributed by atoms with Crippen molar-refractivity contribution in [2.24, 2.45) is 0 Å². The van der Waals surface area contributed by atoms with Crippen molar-refractivity contribution in [1.29, 1.82) is 0 Å². The Balaban J connectivity index is 1.56. The van der Waals surface area contributed by atoms with Gasteiger partial charge in [0.1, 0.15) is 5.75 Å². The third kappa shape index (κ3) is 4.77. The maximum Gasteiger partial charge on any atom is 0.277 e. The first-order valence-corrected chi connectivity index (χ1v) is 10.3. The van der Waals surface area contributed by atoms with Gasteiger partial charge in [-0.1, -0.05) is 23.4 Å². The summed E-state index contributed by atoms with van der Waals surface area (Å²) in [5, 5.41) is 8.91. The van der Waals surface area contributed by atoms with Crippen LogP contribution in [0.15, 0.2) is 40.0 Å². The highest BCUT2D eigenvalue weighted by Crippen LogP contribution is 2.24. The number of aromatic nitrogens is 3.